The molecule has 0 unspecified atom stereocenters. The smallest absolute Gasteiger partial charge is 0.223 e. The van der Waals surface area contributed by atoms with E-state index < -0.39 is 0 Å². The molecule has 1 amide bonds. The number of hydrogen-bond donors (Lipinski definition) is 1. The minimum Gasteiger partial charge on any atom is -0.478 e. The zero-order valence-electron chi connectivity index (χ0n) is 13.8. The average molecular weight is 326 g/mol. The number of carbonyl (C=O) groups is 1. The van der Waals surface area contributed by atoms with Gasteiger partial charge in [0.05, 0.1) is 25.7 Å². The zero-order valence-corrected chi connectivity index (χ0v) is 13.8. The Balaban J connectivity index is 1.59. The van der Waals surface area contributed by atoms with Crippen LogP contribution in [-0.2, 0) is 22.5 Å². The number of benzene rings is 1. The molecule has 5 heteroatoms. The molecule has 1 N–H and O–H groups in total. The Labute approximate surface area is 142 Å². The van der Waals surface area contributed by atoms with Gasteiger partial charge in [0.25, 0.3) is 0 Å². The van der Waals surface area contributed by atoms with Gasteiger partial charge in [0.2, 0.25) is 11.8 Å². The lowest BCUT2D eigenvalue weighted by Crippen LogP contribution is -2.27. The number of aromatic nitrogens is 1. The van der Waals surface area contributed by atoms with Gasteiger partial charge in [-0.05, 0) is 30.5 Å². The number of fused-ring (bicyclic) bond motifs is 1. The highest BCUT2D eigenvalue weighted by molar-refractivity contribution is 5.76. The summed E-state index contributed by atoms with van der Waals surface area (Å²) < 4.78 is 11.3. The van der Waals surface area contributed by atoms with Crippen LogP contribution >= 0.6 is 0 Å². The monoisotopic (exact) mass is 326 g/mol. The lowest BCUT2D eigenvalue weighted by Gasteiger charge is -2.25. The van der Waals surface area contributed by atoms with Crippen molar-refractivity contribution in [3.8, 4) is 5.88 Å². The van der Waals surface area contributed by atoms with Crippen molar-refractivity contribution in [2.45, 2.75) is 32.4 Å². The van der Waals surface area contributed by atoms with Crippen LogP contribution in [0.25, 0.3) is 0 Å². The van der Waals surface area contributed by atoms with Crippen LogP contribution in [0.15, 0.2) is 42.6 Å². The highest BCUT2D eigenvalue weighted by Gasteiger charge is 2.23. The molecule has 0 radical (unpaired) electrons. The summed E-state index contributed by atoms with van der Waals surface area (Å²) in [5.41, 5.74) is 3.26. The van der Waals surface area contributed by atoms with Crippen LogP contribution in [0, 0.1) is 0 Å². The van der Waals surface area contributed by atoms with Crippen LogP contribution in [0.1, 0.15) is 36.1 Å². The number of rotatable bonds is 6. The van der Waals surface area contributed by atoms with Crippen molar-refractivity contribution >= 4 is 5.91 Å². The first-order valence-corrected chi connectivity index (χ1v) is 8.30. The maximum Gasteiger partial charge on any atom is 0.223 e. The molecule has 2 heterocycles. The molecule has 0 saturated carbocycles. The summed E-state index contributed by atoms with van der Waals surface area (Å²) in [5, 5.41) is 2.94. The first-order chi connectivity index (χ1) is 11.8. The second kappa shape index (κ2) is 7.93. The van der Waals surface area contributed by atoms with Crippen LogP contribution in [0.5, 0.6) is 5.88 Å². The molecule has 1 aromatic carbocycles. The second-order valence-electron chi connectivity index (χ2n) is 5.69. The van der Waals surface area contributed by atoms with Gasteiger partial charge in [0.1, 0.15) is 0 Å². The van der Waals surface area contributed by atoms with Crippen molar-refractivity contribution in [2.24, 2.45) is 0 Å². The van der Waals surface area contributed by atoms with Crippen molar-refractivity contribution in [1.29, 1.82) is 0 Å². The Morgan fingerprint density at radius 1 is 1.33 bits per heavy atom. The van der Waals surface area contributed by atoms with E-state index in [1.807, 2.05) is 37.3 Å². The number of hydrogen-bond acceptors (Lipinski definition) is 4. The molecule has 126 valence electrons. The first-order valence-electron chi connectivity index (χ1n) is 8.30. The summed E-state index contributed by atoms with van der Waals surface area (Å²) in [5.74, 6) is 0.530. The van der Waals surface area contributed by atoms with Gasteiger partial charge in [-0.1, -0.05) is 30.3 Å². The van der Waals surface area contributed by atoms with Crippen LogP contribution in [0.4, 0.5) is 0 Å². The predicted molar refractivity (Wildman–Crippen MR) is 90.7 cm³/mol. The fourth-order valence-corrected chi connectivity index (χ4v) is 2.91. The van der Waals surface area contributed by atoms with Crippen LogP contribution in [-0.4, -0.2) is 24.1 Å². The molecular weight excluding hydrogens is 304 g/mol. The van der Waals surface area contributed by atoms with E-state index in [1.165, 1.54) is 5.56 Å². The molecule has 1 aliphatic heterocycles. The Hall–Kier alpha value is -2.40. The summed E-state index contributed by atoms with van der Waals surface area (Å²) in [6.07, 6.45) is 2.74. The van der Waals surface area contributed by atoms with E-state index in [1.54, 1.807) is 6.20 Å². The Morgan fingerprint density at radius 3 is 3.08 bits per heavy atom. The Kier molecular flexibility index (Phi) is 5.43. The lowest BCUT2D eigenvalue weighted by molar-refractivity contribution is -0.124. The molecule has 0 fully saturated rings. The molecule has 3 rings (SSSR count). The van der Waals surface area contributed by atoms with Gasteiger partial charge in [-0.25, -0.2) is 4.98 Å². The molecule has 0 saturated heterocycles. The van der Waals surface area contributed by atoms with Crippen molar-refractivity contribution in [3.05, 3.63) is 59.3 Å². The third-order valence-electron chi connectivity index (χ3n) is 4.07. The Morgan fingerprint density at radius 2 is 2.21 bits per heavy atom. The fourth-order valence-electron chi connectivity index (χ4n) is 2.91. The van der Waals surface area contributed by atoms with Gasteiger partial charge < -0.3 is 14.8 Å². The van der Waals surface area contributed by atoms with Gasteiger partial charge in [0, 0.05) is 18.3 Å². The standard InChI is InChI=1S/C19H22N2O3/c1-2-23-19-15(7-5-10-20-19)13-21-18(22)12-17-16-8-4-3-6-14(16)9-11-24-17/h3-8,10,17H,2,9,11-13H2,1H3,(H,21,22)/t17-/m1/s1. The summed E-state index contributed by atoms with van der Waals surface area (Å²) >= 11 is 0. The van der Waals surface area contributed by atoms with Crippen LogP contribution in [0.3, 0.4) is 0 Å². The summed E-state index contributed by atoms with van der Waals surface area (Å²) in [7, 11) is 0. The number of carbonyl (C=O) groups excluding carboxylic acids is 1. The number of pyridine rings is 1. The molecule has 24 heavy (non-hydrogen) atoms. The van der Waals surface area contributed by atoms with E-state index in [4.69, 9.17) is 9.47 Å². The van der Waals surface area contributed by atoms with Crippen LogP contribution < -0.4 is 10.1 Å². The van der Waals surface area contributed by atoms with Gasteiger partial charge in [0.15, 0.2) is 0 Å². The quantitative estimate of drug-likeness (QED) is 0.887. The normalized spacial score (nSPS) is 16.3. The van der Waals surface area contributed by atoms with E-state index in [-0.39, 0.29) is 12.0 Å². The number of ether oxygens (including phenoxy) is 2. The third-order valence-corrected chi connectivity index (χ3v) is 4.07. The molecule has 2 aromatic rings. The fraction of sp³-hybridized carbons (Fsp3) is 0.368. The number of nitrogens with one attached hydrogen (secondary N) is 1. The van der Waals surface area contributed by atoms with Gasteiger partial charge in [-0.3, -0.25) is 4.79 Å². The largest absolute Gasteiger partial charge is 0.478 e. The third kappa shape index (κ3) is 3.92. The topological polar surface area (TPSA) is 60.5 Å². The molecule has 1 aliphatic rings. The van der Waals surface area contributed by atoms with Gasteiger partial charge in [-0.2, -0.15) is 0 Å². The van der Waals surface area contributed by atoms with Crippen molar-refractivity contribution in [3.63, 3.8) is 0 Å². The number of nitrogens with zero attached hydrogens (tertiary/aromatic N) is 1. The molecule has 0 bridgehead atoms. The van der Waals surface area contributed by atoms with Gasteiger partial charge in [-0.15, -0.1) is 0 Å². The van der Waals surface area contributed by atoms with E-state index >= 15 is 0 Å². The second-order valence-corrected chi connectivity index (χ2v) is 5.69. The van der Waals surface area contributed by atoms with Crippen molar-refractivity contribution < 1.29 is 14.3 Å². The summed E-state index contributed by atoms with van der Waals surface area (Å²) in [6.45, 7) is 3.52. The van der Waals surface area contributed by atoms with E-state index in [2.05, 4.69) is 16.4 Å². The average Bonchev–Trinajstić information content (AvgIpc) is 2.62. The maximum atomic E-state index is 12.3. The molecule has 0 spiro atoms. The van der Waals surface area contributed by atoms with Crippen molar-refractivity contribution in [2.75, 3.05) is 13.2 Å². The summed E-state index contributed by atoms with van der Waals surface area (Å²) in [6, 6.07) is 11.9. The minimum atomic E-state index is -0.171. The van der Waals surface area contributed by atoms with E-state index in [9.17, 15) is 4.79 Å². The zero-order chi connectivity index (χ0) is 16.8. The molecular formula is C19H22N2O3. The number of amides is 1. The van der Waals surface area contributed by atoms with Gasteiger partial charge >= 0.3 is 0 Å². The molecule has 0 aliphatic carbocycles. The SMILES string of the molecule is CCOc1ncccc1CNC(=O)C[C@H]1OCCc2ccccc21. The molecule has 5 nitrogen and oxygen atoms in total. The molecule has 1 aromatic heterocycles. The maximum absolute atomic E-state index is 12.3. The Bertz CT molecular complexity index is 703. The predicted octanol–water partition coefficient (Wildman–Crippen LogP) is 2.80. The van der Waals surface area contributed by atoms with E-state index in [0.717, 1.165) is 17.5 Å². The van der Waals surface area contributed by atoms with Crippen LogP contribution in [0.2, 0.25) is 0 Å². The van der Waals surface area contributed by atoms with Crippen molar-refractivity contribution in [1.82, 2.24) is 10.3 Å². The summed E-state index contributed by atoms with van der Waals surface area (Å²) in [4.78, 5) is 16.5. The lowest BCUT2D eigenvalue weighted by atomic mass is 9.95. The highest BCUT2D eigenvalue weighted by atomic mass is 16.5. The van der Waals surface area contributed by atoms with E-state index in [0.29, 0.717) is 32.1 Å². The highest BCUT2D eigenvalue weighted by Crippen LogP contribution is 2.29. The minimum absolute atomic E-state index is 0.0389. The molecule has 1 atom stereocenters. The first kappa shape index (κ1) is 16.5.